The van der Waals surface area contributed by atoms with Crippen LogP contribution in [0.2, 0.25) is 0 Å². The molecule has 5 nitrogen and oxygen atoms in total. The highest BCUT2D eigenvalue weighted by molar-refractivity contribution is 5.94. The van der Waals surface area contributed by atoms with Gasteiger partial charge in [-0.05, 0) is 36.8 Å². The van der Waals surface area contributed by atoms with Crippen molar-refractivity contribution in [1.82, 2.24) is 4.98 Å². The number of nitrogen functional groups attached to an aromatic ring is 1. The predicted molar refractivity (Wildman–Crippen MR) is 66.8 cm³/mol. The van der Waals surface area contributed by atoms with Crippen LogP contribution in [0, 0.1) is 12.7 Å². The van der Waals surface area contributed by atoms with E-state index in [2.05, 4.69) is 4.98 Å². The Kier molecular flexibility index (Phi) is 3.33. The summed E-state index contributed by atoms with van der Waals surface area (Å²) in [5.74, 6) is -1.21. The third-order valence-corrected chi connectivity index (χ3v) is 2.53. The van der Waals surface area contributed by atoms with Gasteiger partial charge in [0.2, 0.25) is 5.88 Å². The van der Waals surface area contributed by atoms with Crippen LogP contribution in [0.5, 0.6) is 11.6 Å². The van der Waals surface area contributed by atoms with Gasteiger partial charge in [0.1, 0.15) is 17.3 Å². The van der Waals surface area contributed by atoms with E-state index in [0.717, 1.165) is 0 Å². The molecule has 0 atom stereocenters. The molecule has 2 rings (SSSR count). The zero-order valence-corrected chi connectivity index (χ0v) is 10.1. The standard InChI is InChI=1S/C13H11FN2O3/c1-7-6-8(14)2-3-10(7)19-12-11(15)9(13(17)18)4-5-16-12/h2-6H,15H2,1H3,(H,17,18). The van der Waals surface area contributed by atoms with E-state index >= 15 is 0 Å². The van der Waals surface area contributed by atoms with E-state index in [1.807, 2.05) is 0 Å². The average Bonchev–Trinajstić information content (AvgIpc) is 2.34. The van der Waals surface area contributed by atoms with Gasteiger partial charge in [-0.1, -0.05) is 0 Å². The number of aryl methyl sites for hydroxylation is 1. The summed E-state index contributed by atoms with van der Waals surface area (Å²) in [5, 5.41) is 8.93. The van der Waals surface area contributed by atoms with Crippen molar-refractivity contribution in [2.24, 2.45) is 0 Å². The van der Waals surface area contributed by atoms with Crippen LogP contribution in [0.4, 0.5) is 10.1 Å². The van der Waals surface area contributed by atoms with E-state index in [4.69, 9.17) is 15.6 Å². The van der Waals surface area contributed by atoms with Crippen molar-refractivity contribution >= 4 is 11.7 Å². The molecule has 98 valence electrons. The van der Waals surface area contributed by atoms with Crippen LogP contribution >= 0.6 is 0 Å². The Bertz CT molecular complexity index is 644. The molecule has 3 N–H and O–H groups in total. The molecule has 1 aromatic carbocycles. The first-order chi connectivity index (χ1) is 8.99. The molecule has 6 heteroatoms. The van der Waals surface area contributed by atoms with Gasteiger partial charge in [-0.25, -0.2) is 14.2 Å². The van der Waals surface area contributed by atoms with Crippen LogP contribution in [-0.4, -0.2) is 16.1 Å². The number of anilines is 1. The van der Waals surface area contributed by atoms with Crippen molar-refractivity contribution < 1.29 is 19.0 Å². The van der Waals surface area contributed by atoms with Crippen molar-refractivity contribution in [3.63, 3.8) is 0 Å². The Hall–Kier alpha value is -2.63. The maximum Gasteiger partial charge on any atom is 0.338 e. The van der Waals surface area contributed by atoms with Crippen LogP contribution in [0.25, 0.3) is 0 Å². The molecule has 2 aromatic rings. The number of halogens is 1. The minimum Gasteiger partial charge on any atom is -0.478 e. The molecule has 0 spiro atoms. The van der Waals surface area contributed by atoms with Crippen molar-refractivity contribution in [3.8, 4) is 11.6 Å². The first-order valence-corrected chi connectivity index (χ1v) is 5.41. The maximum atomic E-state index is 13.0. The number of carboxylic acids is 1. The summed E-state index contributed by atoms with van der Waals surface area (Å²) in [7, 11) is 0. The molecule has 0 fully saturated rings. The van der Waals surface area contributed by atoms with Gasteiger partial charge in [-0.3, -0.25) is 0 Å². The highest BCUT2D eigenvalue weighted by Crippen LogP contribution is 2.29. The number of aromatic carboxylic acids is 1. The number of benzene rings is 1. The second-order valence-corrected chi connectivity index (χ2v) is 3.89. The summed E-state index contributed by atoms with van der Waals surface area (Å²) in [6.07, 6.45) is 1.29. The first kappa shape index (κ1) is 12.8. The van der Waals surface area contributed by atoms with Crippen LogP contribution in [-0.2, 0) is 0 Å². The molecule has 0 aliphatic heterocycles. The van der Waals surface area contributed by atoms with Gasteiger partial charge in [-0.15, -0.1) is 0 Å². The molecule has 0 saturated carbocycles. The quantitative estimate of drug-likeness (QED) is 0.888. The Labute approximate surface area is 108 Å². The molecule has 0 saturated heterocycles. The van der Waals surface area contributed by atoms with E-state index in [0.29, 0.717) is 11.3 Å². The summed E-state index contributed by atoms with van der Waals surface area (Å²) >= 11 is 0. The molecule has 1 heterocycles. The number of carboxylic acid groups (broad SMARTS) is 1. The molecule has 0 aliphatic carbocycles. The molecule has 0 unspecified atom stereocenters. The molecule has 0 amide bonds. The number of ether oxygens (including phenoxy) is 1. The molecule has 19 heavy (non-hydrogen) atoms. The molecular weight excluding hydrogens is 251 g/mol. The maximum absolute atomic E-state index is 13.0. The van der Waals surface area contributed by atoms with E-state index in [1.165, 1.54) is 30.5 Å². The number of nitrogens with two attached hydrogens (primary N) is 1. The number of carbonyl (C=O) groups is 1. The summed E-state index contributed by atoms with van der Waals surface area (Å²) < 4.78 is 18.4. The molecule has 0 aliphatic rings. The lowest BCUT2D eigenvalue weighted by molar-refractivity contribution is 0.0697. The SMILES string of the molecule is Cc1cc(F)ccc1Oc1nccc(C(=O)O)c1N. The number of pyridine rings is 1. The predicted octanol–water partition coefficient (Wildman–Crippen LogP) is 2.60. The Balaban J connectivity index is 2.38. The molecule has 1 aromatic heterocycles. The van der Waals surface area contributed by atoms with Crippen LogP contribution in [0.1, 0.15) is 15.9 Å². The van der Waals surface area contributed by atoms with Gasteiger partial charge < -0.3 is 15.6 Å². The van der Waals surface area contributed by atoms with Gasteiger partial charge in [0.05, 0.1) is 5.56 Å². The fourth-order valence-corrected chi connectivity index (χ4v) is 1.55. The van der Waals surface area contributed by atoms with Gasteiger partial charge in [0.15, 0.2) is 0 Å². The van der Waals surface area contributed by atoms with E-state index < -0.39 is 5.97 Å². The third kappa shape index (κ3) is 2.62. The fourth-order valence-electron chi connectivity index (χ4n) is 1.55. The number of rotatable bonds is 3. The molecular formula is C13H11FN2O3. The van der Waals surface area contributed by atoms with Gasteiger partial charge in [-0.2, -0.15) is 0 Å². The van der Waals surface area contributed by atoms with Crippen LogP contribution in [0.3, 0.4) is 0 Å². The Morgan fingerprint density at radius 2 is 2.16 bits per heavy atom. The summed E-state index contributed by atoms with van der Waals surface area (Å²) in [6, 6.07) is 5.24. The normalized spacial score (nSPS) is 10.2. The number of nitrogens with zero attached hydrogens (tertiary/aromatic N) is 1. The zero-order valence-electron chi connectivity index (χ0n) is 10.1. The van der Waals surface area contributed by atoms with E-state index in [9.17, 15) is 9.18 Å². The number of aromatic nitrogens is 1. The summed E-state index contributed by atoms with van der Waals surface area (Å²) in [5.41, 5.74) is 6.06. The lowest BCUT2D eigenvalue weighted by Gasteiger charge is -2.10. The second kappa shape index (κ2) is 4.93. The topological polar surface area (TPSA) is 85.4 Å². The van der Waals surface area contributed by atoms with Gasteiger partial charge in [0, 0.05) is 6.20 Å². The minimum atomic E-state index is -1.17. The van der Waals surface area contributed by atoms with Crippen molar-refractivity contribution in [3.05, 3.63) is 47.4 Å². The minimum absolute atomic E-state index is 0.0189. The Morgan fingerprint density at radius 1 is 1.42 bits per heavy atom. The third-order valence-electron chi connectivity index (χ3n) is 2.53. The van der Waals surface area contributed by atoms with Crippen LogP contribution < -0.4 is 10.5 Å². The van der Waals surface area contributed by atoms with Crippen molar-refractivity contribution in [1.29, 1.82) is 0 Å². The van der Waals surface area contributed by atoms with Crippen LogP contribution in [0.15, 0.2) is 30.5 Å². The van der Waals surface area contributed by atoms with E-state index in [-0.39, 0.29) is 22.9 Å². The lowest BCUT2D eigenvalue weighted by Crippen LogP contribution is -2.05. The average molecular weight is 262 g/mol. The first-order valence-electron chi connectivity index (χ1n) is 5.41. The van der Waals surface area contributed by atoms with E-state index in [1.54, 1.807) is 6.92 Å². The fraction of sp³-hybridized carbons (Fsp3) is 0.0769. The number of hydrogen-bond donors (Lipinski definition) is 2. The number of hydrogen-bond acceptors (Lipinski definition) is 4. The highest BCUT2D eigenvalue weighted by Gasteiger charge is 2.14. The smallest absolute Gasteiger partial charge is 0.338 e. The summed E-state index contributed by atoms with van der Waals surface area (Å²) in [6.45, 7) is 1.66. The zero-order chi connectivity index (χ0) is 14.0. The molecule has 0 bridgehead atoms. The Morgan fingerprint density at radius 3 is 2.79 bits per heavy atom. The molecule has 0 radical (unpaired) electrons. The lowest BCUT2D eigenvalue weighted by atomic mass is 10.2. The highest BCUT2D eigenvalue weighted by atomic mass is 19.1. The largest absolute Gasteiger partial charge is 0.478 e. The van der Waals surface area contributed by atoms with Crippen molar-refractivity contribution in [2.75, 3.05) is 5.73 Å². The second-order valence-electron chi connectivity index (χ2n) is 3.89. The monoisotopic (exact) mass is 262 g/mol. The summed E-state index contributed by atoms with van der Waals surface area (Å²) in [4.78, 5) is 14.8. The van der Waals surface area contributed by atoms with Gasteiger partial charge in [0.25, 0.3) is 0 Å². The van der Waals surface area contributed by atoms with Gasteiger partial charge >= 0.3 is 5.97 Å². The van der Waals surface area contributed by atoms with Crippen molar-refractivity contribution in [2.45, 2.75) is 6.92 Å².